The highest BCUT2D eigenvalue weighted by Gasteiger charge is 2.40. The van der Waals surface area contributed by atoms with E-state index in [1.165, 1.54) is 19.8 Å². The molecule has 0 bridgehead atoms. The first-order chi connectivity index (χ1) is 13.4. The molecule has 1 saturated carbocycles. The number of benzene rings is 2. The predicted molar refractivity (Wildman–Crippen MR) is 108 cm³/mol. The Labute approximate surface area is 166 Å². The van der Waals surface area contributed by atoms with Gasteiger partial charge in [0, 0.05) is 38.3 Å². The second kappa shape index (κ2) is 7.66. The van der Waals surface area contributed by atoms with E-state index in [9.17, 15) is 13.2 Å². The summed E-state index contributed by atoms with van der Waals surface area (Å²) in [4.78, 5) is 13.9. The summed E-state index contributed by atoms with van der Waals surface area (Å²) in [6.45, 7) is 3.38. The first-order valence-corrected chi connectivity index (χ1v) is 11.1. The van der Waals surface area contributed by atoms with Crippen LogP contribution in [0.15, 0.2) is 59.5 Å². The normalized spacial score (nSPS) is 21.4. The van der Waals surface area contributed by atoms with Gasteiger partial charge in [0.05, 0.1) is 10.9 Å². The summed E-state index contributed by atoms with van der Waals surface area (Å²) < 4.78 is 28.5. The Balaban J connectivity index is 1.63. The fourth-order valence-corrected chi connectivity index (χ4v) is 5.44. The minimum Gasteiger partial charge on any atom is -0.326 e. The summed E-state index contributed by atoms with van der Waals surface area (Å²) in [5.74, 6) is -0.184. The van der Waals surface area contributed by atoms with Crippen molar-refractivity contribution in [1.29, 1.82) is 0 Å². The van der Waals surface area contributed by atoms with Crippen LogP contribution in [0, 0.1) is 0 Å². The van der Waals surface area contributed by atoms with Gasteiger partial charge in [0.15, 0.2) is 0 Å². The van der Waals surface area contributed by atoms with Crippen LogP contribution in [0.5, 0.6) is 0 Å². The molecule has 1 heterocycles. The predicted octanol–water partition coefficient (Wildman–Crippen LogP) is 2.86. The Hall–Kier alpha value is -2.22. The van der Waals surface area contributed by atoms with Crippen molar-refractivity contribution in [1.82, 2.24) is 9.21 Å². The largest absolute Gasteiger partial charge is 0.326 e. The van der Waals surface area contributed by atoms with E-state index in [2.05, 4.69) is 10.2 Å². The number of sulfonamides is 1. The Morgan fingerprint density at radius 2 is 1.68 bits per heavy atom. The molecule has 148 valence electrons. The van der Waals surface area contributed by atoms with Gasteiger partial charge in [0.2, 0.25) is 15.9 Å². The molecule has 1 aliphatic carbocycles. The van der Waals surface area contributed by atoms with Crippen LogP contribution in [0.25, 0.3) is 0 Å². The Morgan fingerprint density at radius 3 is 2.29 bits per heavy atom. The number of nitrogens with one attached hydrogen (secondary N) is 1. The fraction of sp³-hybridized carbons (Fsp3) is 0.381. The summed E-state index contributed by atoms with van der Waals surface area (Å²) in [5, 5.41) is 2.67. The van der Waals surface area contributed by atoms with Crippen LogP contribution in [0.3, 0.4) is 0 Å². The van der Waals surface area contributed by atoms with Gasteiger partial charge < -0.3 is 5.32 Å². The fourth-order valence-electron chi connectivity index (χ4n) is 3.84. The van der Waals surface area contributed by atoms with Crippen molar-refractivity contribution < 1.29 is 13.2 Å². The SMILES string of the molecule is CC(=O)Nc1ccc(S(=O)(=O)N2CCN(C3CC3)CC2c2ccccc2)cc1. The van der Waals surface area contributed by atoms with Crippen LogP contribution in [-0.4, -0.2) is 49.2 Å². The lowest BCUT2D eigenvalue weighted by Gasteiger charge is -2.41. The maximum atomic E-state index is 13.4. The van der Waals surface area contributed by atoms with Crippen LogP contribution in [0.1, 0.15) is 31.4 Å². The first kappa shape index (κ1) is 19.1. The standard InChI is InChI=1S/C21H25N3O3S/c1-16(25)22-18-7-11-20(12-8-18)28(26,27)24-14-13-23(19-9-10-19)15-21(24)17-5-3-2-4-6-17/h2-8,11-12,19,21H,9-10,13-15H2,1H3,(H,22,25). The van der Waals surface area contributed by atoms with Crippen molar-refractivity contribution in [3.63, 3.8) is 0 Å². The van der Waals surface area contributed by atoms with Gasteiger partial charge in [-0.25, -0.2) is 8.42 Å². The summed E-state index contributed by atoms with van der Waals surface area (Å²) >= 11 is 0. The van der Waals surface area contributed by atoms with Gasteiger partial charge in [-0.15, -0.1) is 0 Å². The molecule has 28 heavy (non-hydrogen) atoms. The summed E-state index contributed by atoms with van der Waals surface area (Å²) in [6, 6.07) is 16.7. The zero-order valence-electron chi connectivity index (χ0n) is 15.9. The van der Waals surface area contributed by atoms with Crippen LogP contribution in [0.4, 0.5) is 5.69 Å². The molecule has 1 aliphatic heterocycles. The molecule has 6 nitrogen and oxygen atoms in total. The molecule has 1 atom stereocenters. The third-order valence-electron chi connectivity index (χ3n) is 5.39. The first-order valence-electron chi connectivity index (χ1n) is 9.63. The second-order valence-electron chi connectivity index (χ2n) is 7.47. The lowest BCUT2D eigenvalue weighted by Crippen LogP contribution is -2.51. The lowest BCUT2D eigenvalue weighted by molar-refractivity contribution is -0.114. The van der Waals surface area contributed by atoms with Gasteiger partial charge in [-0.3, -0.25) is 9.69 Å². The molecule has 7 heteroatoms. The molecule has 1 unspecified atom stereocenters. The average Bonchev–Trinajstić information content (AvgIpc) is 3.53. The maximum absolute atomic E-state index is 13.4. The minimum atomic E-state index is -3.64. The van der Waals surface area contributed by atoms with Crippen LogP contribution < -0.4 is 5.32 Å². The van der Waals surface area contributed by atoms with Gasteiger partial charge >= 0.3 is 0 Å². The van der Waals surface area contributed by atoms with Crippen molar-refractivity contribution in [3.05, 3.63) is 60.2 Å². The van der Waals surface area contributed by atoms with E-state index in [4.69, 9.17) is 0 Å². The molecular weight excluding hydrogens is 374 g/mol. The Kier molecular flexibility index (Phi) is 5.23. The molecule has 0 spiro atoms. The van der Waals surface area contributed by atoms with Crippen molar-refractivity contribution >= 4 is 21.6 Å². The van der Waals surface area contributed by atoms with Crippen LogP contribution in [0.2, 0.25) is 0 Å². The molecule has 2 aliphatic rings. The lowest BCUT2D eigenvalue weighted by atomic mass is 10.0. The van der Waals surface area contributed by atoms with E-state index < -0.39 is 10.0 Å². The smallest absolute Gasteiger partial charge is 0.243 e. The highest BCUT2D eigenvalue weighted by atomic mass is 32.2. The van der Waals surface area contributed by atoms with E-state index in [1.54, 1.807) is 28.6 Å². The number of amides is 1. The Bertz CT molecular complexity index is 941. The number of hydrogen-bond donors (Lipinski definition) is 1. The van der Waals surface area contributed by atoms with E-state index in [-0.39, 0.29) is 16.8 Å². The van der Waals surface area contributed by atoms with Gasteiger partial charge in [-0.1, -0.05) is 30.3 Å². The van der Waals surface area contributed by atoms with Crippen molar-refractivity contribution in [2.75, 3.05) is 25.0 Å². The zero-order chi connectivity index (χ0) is 19.7. The topological polar surface area (TPSA) is 69.7 Å². The maximum Gasteiger partial charge on any atom is 0.243 e. The van der Waals surface area contributed by atoms with E-state index in [0.717, 1.165) is 18.7 Å². The number of carbonyl (C=O) groups is 1. The molecule has 0 aromatic heterocycles. The number of carbonyl (C=O) groups excluding carboxylic acids is 1. The highest BCUT2D eigenvalue weighted by Crippen LogP contribution is 2.36. The van der Waals surface area contributed by atoms with Crippen LogP contribution in [-0.2, 0) is 14.8 Å². The second-order valence-corrected chi connectivity index (χ2v) is 9.36. The average molecular weight is 400 g/mol. The zero-order valence-corrected chi connectivity index (χ0v) is 16.7. The molecule has 4 rings (SSSR count). The molecule has 1 N–H and O–H groups in total. The van der Waals surface area contributed by atoms with E-state index >= 15 is 0 Å². The molecule has 2 aromatic carbocycles. The number of piperazine rings is 1. The van der Waals surface area contributed by atoms with Gasteiger partial charge in [-0.2, -0.15) is 4.31 Å². The van der Waals surface area contributed by atoms with Crippen molar-refractivity contribution in [3.8, 4) is 0 Å². The minimum absolute atomic E-state index is 0.184. The van der Waals surface area contributed by atoms with Crippen LogP contribution >= 0.6 is 0 Å². The number of hydrogen-bond acceptors (Lipinski definition) is 4. The summed E-state index contributed by atoms with van der Waals surface area (Å²) in [6.07, 6.45) is 2.41. The number of rotatable bonds is 5. The van der Waals surface area contributed by atoms with Crippen molar-refractivity contribution in [2.24, 2.45) is 0 Å². The molecule has 1 amide bonds. The monoisotopic (exact) mass is 399 g/mol. The van der Waals surface area contributed by atoms with Gasteiger partial charge in [0.25, 0.3) is 0 Å². The Morgan fingerprint density at radius 1 is 1.00 bits per heavy atom. The number of nitrogens with zero attached hydrogens (tertiary/aromatic N) is 2. The number of anilines is 1. The molecular formula is C21H25N3O3S. The van der Waals surface area contributed by atoms with E-state index in [0.29, 0.717) is 18.3 Å². The molecule has 0 radical (unpaired) electrons. The molecule has 1 saturated heterocycles. The quantitative estimate of drug-likeness (QED) is 0.839. The molecule has 2 aromatic rings. The van der Waals surface area contributed by atoms with Gasteiger partial charge in [-0.05, 0) is 42.7 Å². The third kappa shape index (κ3) is 3.97. The summed E-state index contributed by atoms with van der Waals surface area (Å²) in [7, 11) is -3.64. The summed E-state index contributed by atoms with van der Waals surface area (Å²) in [5.41, 5.74) is 1.61. The van der Waals surface area contributed by atoms with Gasteiger partial charge in [0.1, 0.15) is 0 Å². The van der Waals surface area contributed by atoms with E-state index in [1.807, 2.05) is 30.3 Å². The van der Waals surface area contributed by atoms with Crippen molar-refractivity contribution in [2.45, 2.75) is 36.7 Å². The third-order valence-corrected chi connectivity index (χ3v) is 7.31. The molecule has 2 fully saturated rings. The highest BCUT2D eigenvalue weighted by molar-refractivity contribution is 7.89.